The summed E-state index contributed by atoms with van der Waals surface area (Å²) < 4.78 is 11.0. The summed E-state index contributed by atoms with van der Waals surface area (Å²) in [5, 5.41) is 2.97. The minimum absolute atomic E-state index is 0.123. The smallest absolute Gasteiger partial charge is 0.227 e. The highest BCUT2D eigenvalue weighted by atomic mass is 16.5. The topological polar surface area (TPSA) is 63.7 Å². The van der Waals surface area contributed by atoms with Gasteiger partial charge in [0.15, 0.2) is 0 Å². The zero-order valence-electron chi connectivity index (χ0n) is 14.2. The Morgan fingerprint density at radius 2 is 2.04 bits per heavy atom. The summed E-state index contributed by atoms with van der Waals surface area (Å²) in [6.45, 7) is 5.01. The van der Waals surface area contributed by atoms with E-state index in [0.29, 0.717) is 12.5 Å². The predicted octanol–water partition coefficient (Wildman–Crippen LogP) is 2.31. The van der Waals surface area contributed by atoms with Crippen molar-refractivity contribution in [3.05, 3.63) is 18.3 Å². The first kappa shape index (κ1) is 17.2. The van der Waals surface area contributed by atoms with Crippen LogP contribution in [0.4, 0.5) is 5.69 Å². The van der Waals surface area contributed by atoms with Crippen LogP contribution in [0.5, 0.6) is 5.88 Å². The molecule has 1 saturated heterocycles. The van der Waals surface area contributed by atoms with E-state index in [0.717, 1.165) is 64.2 Å². The molecule has 2 heterocycles. The van der Waals surface area contributed by atoms with Crippen LogP contribution in [-0.2, 0) is 9.53 Å². The second-order valence-corrected chi connectivity index (χ2v) is 6.51. The van der Waals surface area contributed by atoms with E-state index in [1.165, 1.54) is 6.42 Å². The molecule has 3 rings (SSSR count). The molecular formula is C18H27N3O3. The Balaban J connectivity index is 1.40. The number of hydrogen-bond acceptors (Lipinski definition) is 5. The summed E-state index contributed by atoms with van der Waals surface area (Å²) in [5.41, 5.74) is 0.742. The van der Waals surface area contributed by atoms with Crippen molar-refractivity contribution in [2.24, 2.45) is 5.92 Å². The predicted molar refractivity (Wildman–Crippen MR) is 92.2 cm³/mol. The molecule has 1 aliphatic heterocycles. The number of rotatable bonds is 6. The Morgan fingerprint density at radius 1 is 1.25 bits per heavy atom. The molecule has 2 aliphatic rings. The Labute approximate surface area is 143 Å². The summed E-state index contributed by atoms with van der Waals surface area (Å²) in [6, 6.07) is 3.67. The number of hydrogen-bond donors (Lipinski definition) is 1. The molecule has 0 atom stereocenters. The van der Waals surface area contributed by atoms with E-state index >= 15 is 0 Å². The molecule has 0 radical (unpaired) electrons. The van der Waals surface area contributed by atoms with Crippen molar-refractivity contribution in [2.75, 3.05) is 44.8 Å². The minimum Gasteiger partial charge on any atom is -0.476 e. The van der Waals surface area contributed by atoms with Crippen molar-refractivity contribution < 1.29 is 14.3 Å². The number of amides is 1. The maximum atomic E-state index is 12.2. The fourth-order valence-electron chi connectivity index (χ4n) is 3.25. The second kappa shape index (κ2) is 8.99. The molecule has 1 amide bonds. The van der Waals surface area contributed by atoms with Gasteiger partial charge in [0.05, 0.1) is 25.1 Å². The third-order valence-electron chi connectivity index (χ3n) is 4.74. The standard InChI is InChI=1S/C18H27N3O3/c22-18(15-4-2-1-3-5-15)20-16-6-7-17(19-14-16)24-13-10-21-8-11-23-12-9-21/h6-7,14-15H,1-5,8-13H2,(H,20,22). The third-order valence-corrected chi connectivity index (χ3v) is 4.74. The van der Waals surface area contributed by atoms with E-state index in [1.54, 1.807) is 6.20 Å². The lowest BCUT2D eigenvalue weighted by atomic mass is 9.88. The summed E-state index contributed by atoms with van der Waals surface area (Å²) in [6.07, 6.45) is 7.25. The van der Waals surface area contributed by atoms with Crippen molar-refractivity contribution in [3.8, 4) is 5.88 Å². The normalized spacial score (nSPS) is 19.8. The zero-order chi connectivity index (χ0) is 16.6. The van der Waals surface area contributed by atoms with Crippen LogP contribution in [0.3, 0.4) is 0 Å². The van der Waals surface area contributed by atoms with Gasteiger partial charge in [0, 0.05) is 31.6 Å². The van der Waals surface area contributed by atoms with Gasteiger partial charge >= 0.3 is 0 Å². The van der Waals surface area contributed by atoms with Crippen LogP contribution < -0.4 is 10.1 Å². The van der Waals surface area contributed by atoms with E-state index in [1.807, 2.05) is 12.1 Å². The minimum atomic E-state index is 0.123. The average molecular weight is 333 g/mol. The van der Waals surface area contributed by atoms with E-state index in [-0.39, 0.29) is 11.8 Å². The molecule has 0 unspecified atom stereocenters. The molecule has 0 spiro atoms. The fraction of sp³-hybridized carbons (Fsp3) is 0.667. The van der Waals surface area contributed by atoms with Crippen molar-refractivity contribution in [2.45, 2.75) is 32.1 Å². The molecule has 24 heavy (non-hydrogen) atoms. The fourth-order valence-corrected chi connectivity index (χ4v) is 3.25. The molecule has 1 saturated carbocycles. The zero-order valence-corrected chi connectivity index (χ0v) is 14.2. The molecule has 0 aromatic carbocycles. The maximum Gasteiger partial charge on any atom is 0.227 e. The third kappa shape index (κ3) is 5.18. The first-order valence-electron chi connectivity index (χ1n) is 9.01. The van der Waals surface area contributed by atoms with Gasteiger partial charge in [-0.3, -0.25) is 9.69 Å². The van der Waals surface area contributed by atoms with Gasteiger partial charge in [0.25, 0.3) is 0 Å². The first-order chi connectivity index (χ1) is 11.8. The Morgan fingerprint density at radius 3 is 2.75 bits per heavy atom. The molecule has 1 aromatic rings. The summed E-state index contributed by atoms with van der Waals surface area (Å²) in [5.74, 6) is 0.875. The highest BCUT2D eigenvalue weighted by molar-refractivity contribution is 5.92. The number of aromatic nitrogens is 1. The number of ether oxygens (including phenoxy) is 2. The Kier molecular flexibility index (Phi) is 6.43. The van der Waals surface area contributed by atoms with Crippen LogP contribution >= 0.6 is 0 Å². The average Bonchev–Trinajstić information content (AvgIpc) is 2.65. The van der Waals surface area contributed by atoms with E-state index in [9.17, 15) is 4.79 Å². The van der Waals surface area contributed by atoms with Crippen LogP contribution in [0.2, 0.25) is 0 Å². The lowest BCUT2D eigenvalue weighted by Crippen LogP contribution is -2.38. The van der Waals surface area contributed by atoms with E-state index in [4.69, 9.17) is 9.47 Å². The number of carbonyl (C=O) groups is 1. The number of anilines is 1. The second-order valence-electron chi connectivity index (χ2n) is 6.51. The number of nitrogens with zero attached hydrogens (tertiary/aromatic N) is 2. The number of nitrogens with one attached hydrogen (secondary N) is 1. The summed E-state index contributed by atoms with van der Waals surface area (Å²) in [7, 11) is 0. The van der Waals surface area contributed by atoms with Gasteiger partial charge in [-0.05, 0) is 18.9 Å². The molecule has 1 N–H and O–H groups in total. The Hall–Kier alpha value is -1.66. The molecule has 6 nitrogen and oxygen atoms in total. The Bertz CT molecular complexity index is 509. The van der Waals surface area contributed by atoms with Gasteiger partial charge in [-0.15, -0.1) is 0 Å². The van der Waals surface area contributed by atoms with Crippen LogP contribution in [0, 0.1) is 5.92 Å². The summed E-state index contributed by atoms with van der Waals surface area (Å²) in [4.78, 5) is 18.8. The molecule has 6 heteroatoms. The van der Waals surface area contributed by atoms with Gasteiger partial charge in [0.1, 0.15) is 6.61 Å². The van der Waals surface area contributed by atoms with Crippen molar-refractivity contribution in [3.63, 3.8) is 0 Å². The van der Waals surface area contributed by atoms with Crippen molar-refractivity contribution >= 4 is 11.6 Å². The van der Waals surface area contributed by atoms with Crippen LogP contribution in [-0.4, -0.2) is 55.2 Å². The van der Waals surface area contributed by atoms with Crippen LogP contribution in [0.1, 0.15) is 32.1 Å². The number of pyridine rings is 1. The van der Waals surface area contributed by atoms with Crippen LogP contribution in [0.25, 0.3) is 0 Å². The number of carbonyl (C=O) groups excluding carboxylic acids is 1. The molecule has 1 aliphatic carbocycles. The number of morpholine rings is 1. The van der Waals surface area contributed by atoms with Gasteiger partial charge in [-0.2, -0.15) is 0 Å². The highest BCUT2D eigenvalue weighted by Gasteiger charge is 2.21. The molecular weight excluding hydrogens is 306 g/mol. The lowest BCUT2D eigenvalue weighted by molar-refractivity contribution is -0.120. The van der Waals surface area contributed by atoms with Gasteiger partial charge in [0.2, 0.25) is 11.8 Å². The first-order valence-corrected chi connectivity index (χ1v) is 9.01. The van der Waals surface area contributed by atoms with Gasteiger partial charge in [-0.1, -0.05) is 19.3 Å². The monoisotopic (exact) mass is 333 g/mol. The molecule has 132 valence electrons. The van der Waals surface area contributed by atoms with Crippen molar-refractivity contribution in [1.29, 1.82) is 0 Å². The molecule has 2 fully saturated rings. The van der Waals surface area contributed by atoms with E-state index in [2.05, 4.69) is 15.2 Å². The molecule has 1 aromatic heterocycles. The van der Waals surface area contributed by atoms with Gasteiger partial charge in [-0.25, -0.2) is 4.98 Å². The highest BCUT2D eigenvalue weighted by Crippen LogP contribution is 2.25. The van der Waals surface area contributed by atoms with Crippen LogP contribution in [0.15, 0.2) is 18.3 Å². The SMILES string of the molecule is O=C(Nc1ccc(OCCN2CCOCC2)nc1)C1CCCCC1. The quantitative estimate of drug-likeness (QED) is 0.865. The van der Waals surface area contributed by atoms with Gasteiger partial charge < -0.3 is 14.8 Å². The molecule has 0 bridgehead atoms. The largest absolute Gasteiger partial charge is 0.476 e. The maximum absolute atomic E-state index is 12.2. The van der Waals surface area contributed by atoms with E-state index < -0.39 is 0 Å². The summed E-state index contributed by atoms with van der Waals surface area (Å²) >= 11 is 0. The van der Waals surface area contributed by atoms with Crippen molar-refractivity contribution in [1.82, 2.24) is 9.88 Å². The lowest BCUT2D eigenvalue weighted by Gasteiger charge is -2.26.